The van der Waals surface area contributed by atoms with Gasteiger partial charge in [-0.15, -0.1) is 0 Å². The molecule has 3 aliphatic rings. The van der Waals surface area contributed by atoms with Crippen LogP contribution in [0.4, 0.5) is 9.59 Å². The maximum atomic E-state index is 12.9. The highest BCUT2D eigenvalue weighted by Crippen LogP contribution is 2.31. The van der Waals surface area contributed by atoms with Crippen molar-refractivity contribution < 1.29 is 23.9 Å². The van der Waals surface area contributed by atoms with Crippen LogP contribution in [-0.2, 0) is 14.3 Å². The van der Waals surface area contributed by atoms with Crippen LogP contribution in [0.25, 0.3) is 0 Å². The molecule has 0 radical (unpaired) electrons. The molecule has 0 saturated carbocycles. The fourth-order valence-electron chi connectivity index (χ4n) is 3.77. The van der Waals surface area contributed by atoms with Crippen molar-refractivity contribution in [1.29, 1.82) is 0 Å². The summed E-state index contributed by atoms with van der Waals surface area (Å²) >= 11 is 0. The van der Waals surface area contributed by atoms with Crippen LogP contribution in [-0.4, -0.2) is 71.8 Å². The van der Waals surface area contributed by atoms with Crippen LogP contribution in [0.5, 0.6) is 0 Å². The lowest BCUT2D eigenvalue weighted by molar-refractivity contribution is -0.133. The summed E-state index contributed by atoms with van der Waals surface area (Å²) in [6.07, 6.45) is 2.21. The Bertz CT molecular complexity index is 572. The van der Waals surface area contributed by atoms with Gasteiger partial charge in [0.1, 0.15) is 11.1 Å². The van der Waals surface area contributed by atoms with Crippen LogP contribution in [0.3, 0.4) is 0 Å². The maximum absolute atomic E-state index is 12.9. The van der Waals surface area contributed by atoms with Crippen molar-refractivity contribution in [2.45, 2.75) is 57.6 Å². The average Bonchev–Trinajstić information content (AvgIpc) is 2.79. The first-order chi connectivity index (χ1) is 12.2. The van der Waals surface area contributed by atoms with E-state index in [1.54, 1.807) is 4.90 Å². The Morgan fingerprint density at radius 2 is 1.85 bits per heavy atom. The highest BCUT2D eigenvalue weighted by atomic mass is 16.6. The number of rotatable bonds is 2. The van der Waals surface area contributed by atoms with E-state index in [9.17, 15) is 14.4 Å². The molecule has 8 heteroatoms. The summed E-state index contributed by atoms with van der Waals surface area (Å²) in [6, 6.07) is -0.313. The maximum Gasteiger partial charge on any atom is 0.410 e. The third-order valence-corrected chi connectivity index (χ3v) is 5.30. The first-order valence-electron chi connectivity index (χ1n) is 9.40. The Kier molecular flexibility index (Phi) is 5.14. The Balaban J connectivity index is 1.59. The number of carbonyl (C=O) groups excluding carboxylic acids is 3. The van der Waals surface area contributed by atoms with Gasteiger partial charge < -0.3 is 19.7 Å². The quantitative estimate of drug-likeness (QED) is 0.751. The van der Waals surface area contributed by atoms with Gasteiger partial charge in [0.25, 0.3) is 5.91 Å². The molecule has 3 fully saturated rings. The highest BCUT2D eigenvalue weighted by Gasteiger charge is 2.53. The minimum absolute atomic E-state index is 0.155. The number of ether oxygens (including phenoxy) is 2. The van der Waals surface area contributed by atoms with Crippen molar-refractivity contribution in [3.05, 3.63) is 0 Å². The largest absolute Gasteiger partial charge is 0.444 e. The molecule has 1 spiro atoms. The van der Waals surface area contributed by atoms with Gasteiger partial charge in [-0.1, -0.05) is 0 Å². The lowest BCUT2D eigenvalue weighted by Crippen LogP contribution is -2.56. The number of hydrogen-bond acceptors (Lipinski definition) is 5. The van der Waals surface area contributed by atoms with E-state index in [1.807, 2.05) is 20.8 Å². The molecule has 0 aromatic heterocycles. The van der Waals surface area contributed by atoms with Crippen molar-refractivity contribution >= 4 is 18.0 Å². The molecule has 3 aliphatic heterocycles. The SMILES string of the molecule is CC(C)(C)OC(=O)N1CCC2(CC1)NC(=O)N(CC1CCOCC1)C2=O. The standard InChI is InChI=1S/C18H29N3O5/c1-17(2,3)26-16(24)20-8-6-18(7-9-20)14(22)21(15(23)19-18)12-13-4-10-25-11-5-13/h13H,4-12H2,1-3H3,(H,19,23). The number of carbonyl (C=O) groups is 3. The molecule has 146 valence electrons. The number of imide groups is 1. The van der Waals surface area contributed by atoms with Crippen LogP contribution in [0.15, 0.2) is 0 Å². The fourth-order valence-corrected chi connectivity index (χ4v) is 3.77. The van der Waals surface area contributed by atoms with Crippen molar-refractivity contribution in [3.63, 3.8) is 0 Å². The minimum atomic E-state index is -0.874. The molecule has 3 saturated heterocycles. The number of nitrogens with zero attached hydrogens (tertiary/aromatic N) is 2. The van der Waals surface area contributed by atoms with Gasteiger partial charge in [-0.3, -0.25) is 9.69 Å². The van der Waals surface area contributed by atoms with Gasteiger partial charge in [0.05, 0.1) is 0 Å². The first-order valence-corrected chi connectivity index (χ1v) is 9.40. The predicted octanol–water partition coefficient (Wildman–Crippen LogP) is 1.73. The topological polar surface area (TPSA) is 88.2 Å². The van der Waals surface area contributed by atoms with Gasteiger partial charge in [0.15, 0.2) is 0 Å². The second kappa shape index (κ2) is 7.06. The molecular formula is C18H29N3O5. The van der Waals surface area contributed by atoms with Crippen molar-refractivity contribution in [3.8, 4) is 0 Å². The van der Waals surface area contributed by atoms with Gasteiger partial charge in [0.2, 0.25) is 0 Å². The molecule has 1 N–H and O–H groups in total. The van der Waals surface area contributed by atoms with Gasteiger partial charge in [-0.2, -0.15) is 0 Å². The van der Waals surface area contributed by atoms with E-state index in [4.69, 9.17) is 9.47 Å². The molecule has 3 heterocycles. The van der Waals surface area contributed by atoms with E-state index < -0.39 is 11.1 Å². The van der Waals surface area contributed by atoms with Crippen LogP contribution in [0, 0.1) is 5.92 Å². The monoisotopic (exact) mass is 367 g/mol. The summed E-state index contributed by atoms with van der Waals surface area (Å²) in [5.74, 6) is 0.147. The molecule has 0 unspecified atom stereocenters. The zero-order chi connectivity index (χ0) is 18.9. The highest BCUT2D eigenvalue weighted by molar-refractivity contribution is 6.07. The third kappa shape index (κ3) is 3.95. The lowest BCUT2D eigenvalue weighted by atomic mass is 9.87. The second-order valence-corrected chi connectivity index (χ2v) is 8.45. The van der Waals surface area contributed by atoms with E-state index >= 15 is 0 Å². The normalized spacial score (nSPS) is 24.1. The van der Waals surface area contributed by atoms with Crippen LogP contribution in [0.2, 0.25) is 0 Å². The Morgan fingerprint density at radius 3 is 2.42 bits per heavy atom. The van der Waals surface area contributed by atoms with Crippen molar-refractivity contribution in [2.75, 3.05) is 32.8 Å². The molecule has 26 heavy (non-hydrogen) atoms. The molecule has 0 aromatic rings. The fraction of sp³-hybridized carbons (Fsp3) is 0.833. The van der Waals surface area contributed by atoms with E-state index in [0.29, 0.717) is 51.6 Å². The van der Waals surface area contributed by atoms with Gasteiger partial charge in [-0.05, 0) is 52.4 Å². The summed E-state index contributed by atoms with van der Waals surface area (Å²) in [4.78, 5) is 40.5. The first kappa shape index (κ1) is 18.9. The number of piperidine rings is 1. The van der Waals surface area contributed by atoms with Crippen LogP contribution < -0.4 is 5.32 Å². The minimum Gasteiger partial charge on any atom is -0.444 e. The average molecular weight is 367 g/mol. The molecular weight excluding hydrogens is 338 g/mol. The summed E-state index contributed by atoms with van der Waals surface area (Å²) in [7, 11) is 0. The Morgan fingerprint density at radius 1 is 1.23 bits per heavy atom. The number of hydrogen-bond donors (Lipinski definition) is 1. The molecule has 0 atom stereocenters. The van der Waals surface area contributed by atoms with Crippen molar-refractivity contribution in [1.82, 2.24) is 15.1 Å². The van der Waals surface area contributed by atoms with E-state index in [-0.39, 0.29) is 18.0 Å². The second-order valence-electron chi connectivity index (χ2n) is 8.45. The zero-order valence-electron chi connectivity index (χ0n) is 15.9. The Hall–Kier alpha value is -1.83. The van der Waals surface area contributed by atoms with Crippen molar-refractivity contribution in [2.24, 2.45) is 5.92 Å². The van der Waals surface area contributed by atoms with E-state index in [1.165, 1.54) is 4.90 Å². The Labute approximate surface area is 154 Å². The third-order valence-electron chi connectivity index (χ3n) is 5.30. The molecule has 0 aromatic carbocycles. The number of urea groups is 1. The zero-order valence-corrected chi connectivity index (χ0v) is 15.9. The van der Waals surface area contributed by atoms with Crippen LogP contribution in [0.1, 0.15) is 46.5 Å². The van der Waals surface area contributed by atoms with E-state index in [2.05, 4.69) is 5.32 Å². The molecule has 0 bridgehead atoms. The van der Waals surface area contributed by atoms with Gasteiger partial charge in [-0.25, -0.2) is 9.59 Å². The summed E-state index contributed by atoms with van der Waals surface area (Å²) in [5, 5.41) is 2.89. The number of nitrogens with one attached hydrogen (secondary N) is 1. The van der Waals surface area contributed by atoms with Gasteiger partial charge >= 0.3 is 12.1 Å². The number of likely N-dealkylation sites (tertiary alicyclic amines) is 1. The lowest BCUT2D eigenvalue weighted by Gasteiger charge is -2.37. The summed E-state index contributed by atoms with van der Waals surface area (Å²) in [5.41, 5.74) is -1.43. The van der Waals surface area contributed by atoms with Gasteiger partial charge in [0, 0.05) is 32.8 Å². The molecule has 3 rings (SSSR count). The smallest absolute Gasteiger partial charge is 0.410 e. The van der Waals surface area contributed by atoms with Crippen LogP contribution >= 0.6 is 0 Å². The summed E-state index contributed by atoms with van der Waals surface area (Å²) in [6.45, 7) is 8.08. The summed E-state index contributed by atoms with van der Waals surface area (Å²) < 4.78 is 10.7. The predicted molar refractivity (Wildman–Crippen MR) is 93.6 cm³/mol. The number of amides is 4. The molecule has 4 amide bonds. The molecule has 8 nitrogen and oxygen atoms in total. The molecule has 0 aliphatic carbocycles. The van der Waals surface area contributed by atoms with E-state index in [0.717, 1.165) is 12.8 Å².